The van der Waals surface area contributed by atoms with Crippen molar-refractivity contribution in [2.24, 2.45) is 5.14 Å². The van der Waals surface area contributed by atoms with Gasteiger partial charge in [0.15, 0.2) is 0 Å². The van der Waals surface area contributed by atoms with Crippen LogP contribution in [0.15, 0.2) is 58.3 Å². The molecule has 0 unspecified atom stereocenters. The Labute approximate surface area is 134 Å². The van der Waals surface area contributed by atoms with Gasteiger partial charge in [-0.15, -0.1) is 4.83 Å². The summed E-state index contributed by atoms with van der Waals surface area (Å²) in [6.07, 6.45) is 0. The van der Waals surface area contributed by atoms with Crippen molar-refractivity contribution in [3.05, 3.63) is 48.5 Å². The number of ether oxygens (including phenoxy) is 1. The quantitative estimate of drug-likeness (QED) is 0.651. The maximum absolute atomic E-state index is 12.1. The molecular weight excluding hydrogens is 342 g/mol. The van der Waals surface area contributed by atoms with Crippen LogP contribution >= 0.6 is 0 Å². The van der Waals surface area contributed by atoms with E-state index in [4.69, 9.17) is 9.88 Å². The molecule has 2 rings (SSSR count). The molecule has 4 N–H and O–H groups in total. The highest BCUT2D eigenvalue weighted by Crippen LogP contribution is 2.16. The summed E-state index contributed by atoms with van der Waals surface area (Å²) in [6, 6.07) is 11.1. The van der Waals surface area contributed by atoms with Crippen molar-refractivity contribution in [2.45, 2.75) is 9.79 Å². The van der Waals surface area contributed by atoms with Crippen molar-refractivity contribution in [1.82, 2.24) is 4.83 Å². The second kappa shape index (κ2) is 6.54. The van der Waals surface area contributed by atoms with Gasteiger partial charge in [-0.25, -0.2) is 22.0 Å². The molecule has 2 aromatic carbocycles. The number of hydrogen-bond donors (Lipinski definition) is 3. The number of anilines is 1. The molecule has 0 atom stereocenters. The number of nitrogens with one attached hydrogen (secondary N) is 2. The molecule has 8 nitrogen and oxygen atoms in total. The standard InChI is InChI=1S/C13H15N3O5S2/c1-21-11-4-8-13(9-5-11)23(19,20)16-15-10-2-6-12(7-3-10)22(14,17)18/h2-9,15-16H,1H3,(H2,14,17,18). The Morgan fingerprint density at radius 2 is 1.39 bits per heavy atom. The first-order chi connectivity index (χ1) is 10.7. The van der Waals surface area contributed by atoms with Crippen LogP contribution in [0.25, 0.3) is 0 Å². The van der Waals surface area contributed by atoms with Crippen LogP contribution < -0.4 is 20.1 Å². The fourth-order valence-corrected chi connectivity index (χ4v) is 3.05. The summed E-state index contributed by atoms with van der Waals surface area (Å²) in [5.41, 5.74) is 2.84. The minimum absolute atomic E-state index is 0.0481. The third-order valence-electron chi connectivity index (χ3n) is 2.88. The van der Waals surface area contributed by atoms with Gasteiger partial charge in [0.25, 0.3) is 10.0 Å². The van der Waals surface area contributed by atoms with E-state index in [1.54, 1.807) is 0 Å². The Hall–Kier alpha value is -2.14. The molecule has 0 fully saturated rings. The van der Waals surface area contributed by atoms with Gasteiger partial charge >= 0.3 is 0 Å². The van der Waals surface area contributed by atoms with Crippen LogP contribution in [0.1, 0.15) is 0 Å². The van der Waals surface area contributed by atoms with Crippen molar-refractivity contribution >= 4 is 25.7 Å². The van der Waals surface area contributed by atoms with Gasteiger partial charge in [0.2, 0.25) is 10.0 Å². The summed E-state index contributed by atoms with van der Waals surface area (Å²) in [4.78, 5) is 2.17. The number of benzene rings is 2. The summed E-state index contributed by atoms with van der Waals surface area (Å²) in [5.74, 6) is 0.537. The van der Waals surface area contributed by atoms with Gasteiger partial charge < -0.3 is 10.2 Å². The first-order valence-electron chi connectivity index (χ1n) is 6.27. The van der Waals surface area contributed by atoms with Crippen molar-refractivity contribution < 1.29 is 21.6 Å². The third kappa shape index (κ3) is 4.42. The number of hydrogen-bond acceptors (Lipinski definition) is 6. The Balaban J connectivity index is 2.09. The minimum Gasteiger partial charge on any atom is -0.497 e. The summed E-state index contributed by atoms with van der Waals surface area (Å²) in [7, 11) is -6.09. The molecule has 0 aliphatic rings. The third-order valence-corrected chi connectivity index (χ3v) is 5.08. The van der Waals surface area contributed by atoms with Crippen molar-refractivity contribution in [3.63, 3.8) is 0 Å². The number of methoxy groups -OCH3 is 1. The van der Waals surface area contributed by atoms with E-state index < -0.39 is 20.0 Å². The lowest BCUT2D eigenvalue weighted by Gasteiger charge is -2.10. The molecule has 0 aliphatic carbocycles. The van der Waals surface area contributed by atoms with E-state index in [9.17, 15) is 16.8 Å². The van der Waals surface area contributed by atoms with Crippen LogP contribution in [0.3, 0.4) is 0 Å². The number of rotatable bonds is 6. The van der Waals surface area contributed by atoms with E-state index in [0.29, 0.717) is 11.4 Å². The number of hydrazine groups is 1. The number of sulfonamides is 2. The Morgan fingerprint density at radius 1 is 0.870 bits per heavy atom. The highest BCUT2D eigenvalue weighted by atomic mass is 32.2. The summed E-state index contributed by atoms with van der Waals surface area (Å²) >= 11 is 0. The zero-order valence-electron chi connectivity index (χ0n) is 12.1. The molecule has 124 valence electrons. The maximum atomic E-state index is 12.1. The zero-order valence-corrected chi connectivity index (χ0v) is 13.7. The fraction of sp³-hybridized carbons (Fsp3) is 0.0769. The van der Waals surface area contributed by atoms with Crippen LogP contribution in [0, 0.1) is 0 Å². The van der Waals surface area contributed by atoms with E-state index in [1.807, 2.05) is 0 Å². The zero-order chi connectivity index (χ0) is 17.1. The topological polar surface area (TPSA) is 128 Å². The van der Waals surface area contributed by atoms with Crippen LogP contribution in [-0.4, -0.2) is 23.9 Å². The van der Waals surface area contributed by atoms with Crippen LogP contribution in [-0.2, 0) is 20.0 Å². The van der Waals surface area contributed by atoms with Crippen LogP contribution in [0.5, 0.6) is 5.75 Å². The lowest BCUT2D eigenvalue weighted by Crippen LogP contribution is -2.29. The van der Waals surface area contributed by atoms with Gasteiger partial charge in [-0.05, 0) is 48.5 Å². The highest BCUT2D eigenvalue weighted by molar-refractivity contribution is 7.89. The summed E-state index contributed by atoms with van der Waals surface area (Å²) in [6.45, 7) is 0. The monoisotopic (exact) mass is 357 g/mol. The molecule has 0 aromatic heterocycles. The van der Waals surface area contributed by atoms with Gasteiger partial charge in [0.1, 0.15) is 5.75 Å². The molecule has 0 bridgehead atoms. The Morgan fingerprint density at radius 3 is 1.87 bits per heavy atom. The second-order valence-electron chi connectivity index (χ2n) is 4.48. The molecule has 0 spiro atoms. The molecule has 23 heavy (non-hydrogen) atoms. The van der Waals surface area contributed by atoms with Gasteiger partial charge in [0, 0.05) is 5.69 Å². The van der Waals surface area contributed by atoms with Gasteiger partial charge in [-0.3, -0.25) is 0 Å². The minimum atomic E-state index is -3.79. The predicted molar refractivity (Wildman–Crippen MR) is 84.8 cm³/mol. The molecule has 0 radical (unpaired) electrons. The summed E-state index contributed by atoms with van der Waals surface area (Å²) < 4.78 is 51.4. The molecule has 0 heterocycles. The molecule has 10 heteroatoms. The average molecular weight is 357 g/mol. The van der Waals surface area contributed by atoms with Crippen molar-refractivity contribution in [2.75, 3.05) is 12.5 Å². The van der Waals surface area contributed by atoms with Crippen LogP contribution in [0.2, 0.25) is 0 Å². The number of nitrogens with two attached hydrogens (primary N) is 1. The fourth-order valence-electron chi connectivity index (χ4n) is 1.67. The lowest BCUT2D eigenvalue weighted by molar-refractivity contribution is 0.414. The van der Waals surface area contributed by atoms with Crippen molar-refractivity contribution in [3.8, 4) is 5.75 Å². The molecule has 0 aliphatic heterocycles. The van der Waals surface area contributed by atoms with Crippen LogP contribution in [0.4, 0.5) is 5.69 Å². The summed E-state index contributed by atoms with van der Waals surface area (Å²) in [5, 5.41) is 4.98. The first-order valence-corrected chi connectivity index (χ1v) is 9.30. The van der Waals surface area contributed by atoms with Crippen molar-refractivity contribution in [1.29, 1.82) is 0 Å². The number of primary sulfonamides is 1. The van der Waals surface area contributed by atoms with E-state index in [1.165, 1.54) is 55.6 Å². The SMILES string of the molecule is COc1ccc(S(=O)(=O)NNc2ccc(S(N)(=O)=O)cc2)cc1. The molecular formula is C13H15N3O5S2. The molecule has 2 aromatic rings. The average Bonchev–Trinajstić information content (AvgIpc) is 2.53. The first kappa shape index (κ1) is 17.2. The normalized spacial score (nSPS) is 11.9. The lowest BCUT2D eigenvalue weighted by atomic mass is 10.3. The maximum Gasteiger partial charge on any atom is 0.257 e. The van der Waals surface area contributed by atoms with E-state index in [-0.39, 0.29) is 9.79 Å². The highest BCUT2D eigenvalue weighted by Gasteiger charge is 2.14. The largest absolute Gasteiger partial charge is 0.497 e. The predicted octanol–water partition coefficient (Wildman–Crippen LogP) is 0.648. The smallest absolute Gasteiger partial charge is 0.257 e. The molecule has 0 saturated carbocycles. The molecule has 0 saturated heterocycles. The molecule has 0 amide bonds. The van der Waals surface area contributed by atoms with E-state index in [0.717, 1.165) is 0 Å². The van der Waals surface area contributed by atoms with Gasteiger partial charge in [-0.2, -0.15) is 0 Å². The van der Waals surface area contributed by atoms with E-state index >= 15 is 0 Å². The second-order valence-corrected chi connectivity index (χ2v) is 7.72. The Bertz CT molecular complexity index is 876. The van der Waals surface area contributed by atoms with Gasteiger partial charge in [0.05, 0.1) is 16.9 Å². The van der Waals surface area contributed by atoms with E-state index in [2.05, 4.69) is 10.3 Å². The Kier molecular flexibility index (Phi) is 4.90. The van der Waals surface area contributed by atoms with Gasteiger partial charge in [-0.1, -0.05) is 0 Å².